The van der Waals surface area contributed by atoms with E-state index in [1.54, 1.807) is 19.3 Å². The molecule has 136 valence electrons. The van der Waals surface area contributed by atoms with Crippen LogP contribution in [-0.2, 0) is 7.05 Å². The quantitative estimate of drug-likeness (QED) is 0.767. The molecule has 0 radical (unpaired) electrons. The normalized spacial score (nSPS) is 16.8. The molecule has 1 saturated heterocycles. The first-order valence-electron chi connectivity index (χ1n) is 8.79. The van der Waals surface area contributed by atoms with Gasteiger partial charge in [0.2, 0.25) is 0 Å². The fourth-order valence-corrected chi connectivity index (χ4v) is 3.43. The number of nitrogens with zero attached hydrogens (tertiary/aromatic N) is 6. The monoisotopic (exact) mass is 354 g/mol. The molecule has 3 aromatic rings. The minimum absolute atomic E-state index is 0.216. The van der Waals surface area contributed by atoms with E-state index in [0.29, 0.717) is 11.7 Å². The summed E-state index contributed by atoms with van der Waals surface area (Å²) in [5.41, 5.74) is 0.814. The highest BCUT2D eigenvalue weighted by Crippen LogP contribution is 2.31. The molecule has 0 amide bonds. The van der Waals surface area contributed by atoms with Gasteiger partial charge in [-0.1, -0.05) is 5.16 Å². The van der Waals surface area contributed by atoms with E-state index in [1.807, 2.05) is 29.9 Å². The molecule has 4 heterocycles. The predicted octanol–water partition coefficient (Wildman–Crippen LogP) is 2.12. The molecule has 1 aliphatic rings. The highest BCUT2D eigenvalue weighted by atomic mass is 16.5. The van der Waals surface area contributed by atoms with Crippen molar-refractivity contribution in [1.82, 2.24) is 24.7 Å². The van der Waals surface area contributed by atoms with Crippen LogP contribution in [0, 0.1) is 12.8 Å². The molecule has 0 spiro atoms. The van der Waals surface area contributed by atoms with Crippen molar-refractivity contribution in [2.24, 2.45) is 13.0 Å². The molecule has 0 aliphatic carbocycles. The van der Waals surface area contributed by atoms with Crippen LogP contribution >= 0.6 is 0 Å². The molecule has 3 aromatic heterocycles. The Morgan fingerprint density at radius 2 is 2.04 bits per heavy atom. The van der Waals surface area contributed by atoms with Gasteiger partial charge in [-0.15, -0.1) is 0 Å². The van der Waals surface area contributed by atoms with Crippen molar-refractivity contribution >= 4 is 5.82 Å². The van der Waals surface area contributed by atoms with Gasteiger partial charge in [0.05, 0.1) is 5.56 Å². The van der Waals surface area contributed by atoms with Crippen LogP contribution in [0.5, 0.6) is 0 Å². The van der Waals surface area contributed by atoms with Crippen LogP contribution < -0.4 is 4.90 Å². The number of aromatic nitrogens is 5. The highest BCUT2D eigenvalue weighted by molar-refractivity contribution is 5.54. The maximum atomic E-state index is 10.6. The molecule has 0 aromatic carbocycles. The van der Waals surface area contributed by atoms with Gasteiger partial charge in [0.25, 0.3) is 5.89 Å². The number of hydrogen-bond acceptors (Lipinski definition) is 7. The van der Waals surface area contributed by atoms with E-state index in [1.165, 1.54) is 0 Å². The second-order valence-electron chi connectivity index (χ2n) is 6.72. The first kappa shape index (κ1) is 16.7. The van der Waals surface area contributed by atoms with Crippen molar-refractivity contribution in [2.45, 2.75) is 25.9 Å². The van der Waals surface area contributed by atoms with Gasteiger partial charge in [-0.05, 0) is 37.8 Å². The third-order valence-corrected chi connectivity index (χ3v) is 4.96. The molecule has 0 unspecified atom stereocenters. The summed E-state index contributed by atoms with van der Waals surface area (Å²) in [4.78, 5) is 15.3. The van der Waals surface area contributed by atoms with Gasteiger partial charge in [0.1, 0.15) is 17.7 Å². The Hall–Kier alpha value is -2.74. The number of imidazole rings is 1. The zero-order valence-corrected chi connectivity index (χ0v) is 14.9. The van der Waals surface area contributed by atoms with Crippen LogP contribution in [-0.4, -0.2) is 42.9 Å². The van der Waals surface area contributed by atoms with E-state index in [9.17, 15) is 5.11 Å². The van der Waals surface area contributed by atoms with Crippen LogP contribution in [0.4, 0.5) is 5.82 Å². The van der Waals surface area contributed by atoms with Gasteiger partial charge in [0.15, 0.2) is 5.82 Å². The first-order chi connectivity index (χ1) is 12.6. The number of piperidine rings is 1. The number of aliphatic hydroxyl groups excluding tert-OH is 1. The average molecular weight is 354 g/mol. The van der Waals surface area contributed by atoms with Crippen molar-refractivity contribution in [3.05, 3.63) is 42.4 Å². The van der Waals surface area contributed by atoms with Gasteiger partial charge in [-0.25, -0.2) is 9.97 Å². The van der Waals surface area contributed by atoms with Crippen LogP contribution in [0.1, 0.15) is 30.6 Å². The number of anilines is 1. The van der Waals surface area contributed by atoms with Crippen molar-refractivity contribution in [1.29, 1.82) is 0 Å². The fourth-order valence-electron chi connectivity index (χ4n) is 3.43. The van der Waals surface area contributed by atoms with E-state index in [4.69, 9.17) is 4.52 Å². The zero-order chi connectivity index (χ0) is 18.1. The van der Waals surface area contributed by atoms with Crippen LogP contribution in [0.15, 0.2) is 35.2 Å². The third-order valence-electron chi connectivity index (χ3n) is 4.96. The Morgan fingerprint density at radius 3 is 2.62 bits per heavy atom. The maximum Gasteiger partial charge on any atom is 0.259 e. The standard InChI is InChI=1S/C18H22N6O2/c1-12-21-18(26-22-12)14-3-4-15(20-11-14)24-8-5-13(6-9-24)16(25)17-19-7-10-23(17)2/h3-4,7,10-11,13,16,25H,5-6,8-9H2,1-2H3/t16-/m1/s1. The molecule has 26 heavy (non-hydrogen) atoms. The maximum absolute atomic E-state index is 10.6. The van der Waals surface area contributed by atoms with Crippen LogP contribution in [0.2, 0.25) is 0 Å². The van der Waals surface area contributed by atoms with Crippen molar-refractivity contribution < 1.29 is 9.63 Å². The van der Waals surface area contributed by atoms with Gasteiger partial charge < -0.3 is 19.1 Å². The lowest BCUT2D eigenvalue weighted by atomic mass is 9.90. The summed E-state index contributed by atoms with van der Waals surface area (Å²) >= 11 is 0. The Bertz CT molecular complexity index is 864. The third kappa shape index (κ3) is 3.20. The Labute approximate surface area is 151 Å². The van der Waals surface area contributed by atoms with Crippen LogP contribution in [0.25, 0.3) is 11.5 Å². The number of rotatable bonds is 4. The van der Waals surface area contributed by atoms with Gasteiger partial charge in [-0.2, -0.15) is 4.98 Å². The Morgan fingerprint density at radius 1 is 1.23 bits per heavy atom. The molecule has 1 fully saturated rings. The summed E-state index contributed by atoms with van der Waals surface area (Å²) in [7, 11) is 1.91. The molecule has 0 saturated carbocycles. The summed E-state index contributed by atoms with van der Waals surface area (Å²) in [5.74, 6) is 2.97. The van der Waals surface area contributed by atoms with Crippen LogP contribution in [0.3, 0.4) is 0 Å². The van der Waals surface area contributed by atoms with E-state index in [0.717, 1.165) is 43.1 Å². The topological polar surface area (TPSA) is 93.1 Å². The van der Waals surface area contributed by atoms with E-state index in [2.05, 4.69) is 25.0 Å². The second kappa shape index (κ2) is 6.87. The summed E-state index contributed by atoms with van der Waals surface area (Å²) in [6.07, 6.45) is 6.64. The minimum Gasteiger partial charge on any atom is -0.385 e. The lowest BCUT2D eigenvalue weighted by Crippen LogP contribution is -2.36. The molecule has 1 atom stereocenters. The molecule has 1 N–H and O–H groups in total. The Kier molecular flexibility index (Phi) is 4.42. The lowest BCUT2D eigenvalue weighted by Gasteiger charge is -2.34. The number of hydrogen-bond donors (Lipinski definition) is 1. The fraction of sp³-hybridized carbons (Fsp3) is 0.444. The van der Waals surface area contributed by atoms with Gasteiger partial charge >= 0.3 is 0 Å². The lowest BCUT2D eigenvalue weighted by molar-refractivity contribution is 0.0824. The molecule has 0 bridgehead atoms. The summed E-state index contributed by atoms with van der Waals surface area (Å²) in [5, 5.41) is 14.4. The molecule has 4 rings (SSSR count). The largest absolute Gasteiger partial charge is 0.385 e. The van der Waals surface area contributed by atoms with Crippen molar-refractivity contribution in [3.63, 3.8) is 0 Å². The first-order valence-corrected chi connectivity index (χ1v) is 8.79. The number of aryl methyl sites for hydroxylation is 2. The highest BCUT2D eigenvalue weighted by Gasteiger charge is 2.28. The summed E-state index contributed by atoms with van der Waals surface area (Å²) < 4.78 is 7.06. The van der Waals surface area contributed by atoms with Crippen molar-refractivity contribution in [3.8, 4) is 11.5 Å². The van der Waals surface area contributed by atoms with E-state index < -0.39 is 6.10 Å². The molecular weight excluding hydrogens is 332 g/mol. The number of pyridine rings is 1. The molecule has 8 heteroatoms. The van der Waals surface area contributed by atoms with Gasteiger partial charge in [0, 0.05) is 38.7 Å². The minimum atomic E-state index is -0.520. The SMILES string of the molecule is Cc1noc(-c2ccc(N3CCC([C@@H](O)c4nccn4C)CC3)nc2)n1. The molecular formula is C18H22N6O2. The average Bonchev–Trinajstić information content (AvgIpc) is 3.30. The van der Waals surface area contributed by atoms with Crippen molar-refractivity contribution in [2.75, 3.05) is 18.0 Å². The number of aliphatic hydroxyl groups is 1. The second-order valence-corrected chi connectivity index (χ2v) is 6.72. The summed E-state index contributed by atoms with van der Waals surface area (Å²) in [6, 6.07) is 3.93. The smallest absolute Gasteiger partial charge is 0.259 e. The molecule has 1 aliphatic heterocycles. The predicted molar refractivity (Wildman–Crippen MR) is 95.4 cm³/mol. The Balaban J connectivity index is 1.39. The summed E-state index contributed by atoms with van der Waals surface area (Å²) in [6.45, 7) is 3.51. The molecule has 8 nitrogen and oxygen atoms in total. The van der Waals surface area contributed by atoms with E-state index in [-0.39, 0.29) is 5.92 Å². The van der Waals surface area contributed by atoms with Gasteiger partial charge in [-0.3, -0.25) is 0 Å². The van der Waals surface area contributed by atoms with E-state index >= 15 is 0 Å². The zero-order valence-electron chi connectivity index (χ0n) is 14.9.